The minimum absolute atomic E-state index is 0.150. The number of hydrogen-bond donors (Lipinski definition) is 0. The molecule has 0 fully saturated rings. The quantitative estimate of drug-likeness (QED) is 0.130. The van der Waals surface area contributed by atoms with Crippen LogP contribution in [0.1, 0.15) is 10.4 Å². The number of carbonyl (C=O) groups is 1. The van der Waals surface area contributed by atoms with Crippen LogP contribution in [0.2, 0.25) is 10.0 Å². The standard InChI is InChI=1S/C21H17Cl2O3S.F6P/c1-26-18-8-2-15(3-9-18)21(24)14-27(25,19-10-4-16(22)5-11-19)20-12-6-17(23)7-13-20;1-7(2,3,4,5)6/h2-13H,14H2,1H3;/q+1;-1. The van der Waals surface area contributed by atoms with E-state index in [0.29, 0.717) is 31.1 Å². The normalized spacial score (nSPS) is 13.7. The van der Waals surface area contributed by atoms with Crippen molar-refractivity contribution in [3.8, 4) is 5.75 Å². The van der Waals surface area contributed by atoms with Gasteiger partial charge in [0.25, 0.3) is 0 Å². The van der Waals surface area contributed by atoms with Crippen LogP contribution in [-0.2, 0) is 14.1 Å². The summed E-state index contributed by atoms with van der Waals surface area (Å²) in [5.41, 5.74) is 0.478. The summed E-state index contributed by atoms with van der Waals surface area (Å²) in [6.07, 6.45) is 0. The number of benzene rings is 3. The molecule has 0 bridgehead atoms. The molecule has 3 aromatic carbocycles. The molecule has 0 atom stereocenters. The van der Waals surface area contributed by atoms with Gasteiger partial charge in [-0.2, -0.15) is 0 Å². The van der Waals surface area contributed by atoms with Crippen LogP contribution in [0, 0.1) is 0 Å². The first-order valence-electron chi connectivity index (χ1n) is 9.14. The third-order valence-corrected chi connectivity index (χ3v) is 7.38. The van der Waals surface area contributed by atoms with Crippen LogP contribution >= 0.6 is 31.0 Å². The van der Waals surface area contributed by atoms with Crippen LogP contribution in [-0.4, -0.2) is 18.6 Å². The summed E-state index contributed by atoms with van der Waals surface area (Å²) < 4.78 is 78.3. The molecule has 0 unspecified atom stereocenters. The van der Waals surface area contributed by atoms with Crippen molar-refractivity contribution in [2.24, 2.45) is 0 Å². The van der Waals surface area contributed by atoms with Crippen molar-refractivity contribution in [2.45, 2.75) is 9.79 Å². The Hall–Kier alpha value is -2.13. The second-order valence-corrected chi connectivity index (χ2v) is 12.2. The van der Waals surface area contributed by atoms with Gasteiger partial charge in [-0.05, 0) is 72.8 Å². The molecule has 0 spiro atoms. The van der Waals surface area contributed by atoms with Crippen LogP contribution in [0.15, 0.2) is 82.6 Å². The van der Waals surface area contributed by atoms with Gasteiger partial charge in [-0.15, -0.1) is 0 Å². The van der Waals surface area contributed by atoms with E-state index in [0.717, 1.165) is 0 Å². The SMILES string of the molecule is COc1ccc(C(=O)C[S+](=O)(c2ccc(Cl)cc2)c2ccc(Cl)cc2)cc1.F[P-](F)(F)(F)(F)F. The number of ether oxygens (including phenoxy) is 1. The maximum atomic E-state index is 14.0. The van der Waals surface area contributed by atoms with Gasteiger partial charge in [0.2, 0.25) is 5.78 Å². The van der Waals surface area contributed by atoms with Gasteiger partial charge < -0.3 is 4.74 Å². The van der Waals surface area contributed by atoms with Crippen molar-refractivity contribution in [2.75, 3.05) is 12.9 Å². The molecule has 34 heavy (non-hydrogen) atoms. The van der Waals surface area contributed by atoms with Crippen LogP contribution in [0.25, 0.3) is 0 Å². The average Bonchev–Trinajstić information content (AvgIpc) is 2.72. The van der Waals surface area contributed by atoms with E-state index in [4.69, 9.17) is 27.9 Å². The number of rotatable bonds is 6. The van der Waals surface area contributed by atoms with Crippen LogP contribution < -0.4 is 4.74 Å². The Morgan fingerprint density at radius 2 is 1.12 bits per heavy atom. The van der Waals surface area contributed by atoms with Crippen LogP contribution in [0.5, 0.6) is 5.75 Å². The Kier molecular flexibility index (Phi) is 7.85. The van der Waals surface area contributed by atoms with Crippen molar-refractivity contribution >= 4 is 46.7 Å². The number of methoxy groups -OCH3 is 1. The summed E-state index contributed by atoms with van der Waals surface area (Å²) in [7, 11) is -11.9. The van der Waals surface area contributed by atoms with Gasteiger partial charge in [-0.1, -0.05) is 27.4 Å². The van der Waals surface area contributed by atoms with E-state index in [1.807, 2.05) is 0 Å². The Bertz CT molecular complexity index is 1140. The molecule has 0 saturated carbocycles. The second kappa shape index (κ2) is 9.49. The number of Topliss-reactive ketones (excluding diaryl/α,β-unsaturated/α-hetero) is 1. The summed E-state index contributed by atoms with van der Waals surface area (Å²) in [4.78, 5) is 14.0. The minimum atomic E-state index is -10.7. The van der Waals surface area contributed by atoms with E-state index < -0.39 is 17.7 Å². The Labute approximate surface area is 202 Å². The van der Waals surface area contributed by atoms with Crippen molar-refractivity contribution in [1.82, 2.24) is 0 Å². The van der Waals surface area contributed by atoms with Gasteiger partial charge in [0.15, 0.2) is 25.5 Å². The van der Waals surface area contributed by atoms with Crippen molar-refractivity contribution < 1.29 is 38.9 Å². The van der Waals surface area contributed by atoms with Crippen LogP contribution in [0.3, 0.4) is 0 Å². The molecule has 0 aromatic heterocycles. The third kappa shape index (κ3) is 9.62. The average molecular weight is 565 g/mol. The second-order valence-electron chi connectivity index (χ2n) is 6.84. The molecule has 186 valence electrons. The van der Waals surface area contributed by atoms with Gasteiger partial charge in [-0.3, -0.25) is 4.79 Å². The zero-order valence-electron chi connectivity index (χ0n) is 17.2. The Balaban J connectivity index is 0.000000509. The molecule has 0 N–H and O–H groups in total. The van der Waals surface area contributed by atoms with Gasteiger partial charge in [0.05, 0.1) is 7.11 Å². The van der Waals surface area contributed by atoms with E-state index >= 15 is 0 Å². The van der Waals surface area contributed by atoms with Crippen LogP contribution in [0.4, 0.5) is 25.2 Å². The fourth-order valence-electron chi connectivity index (χ4n) is 2.66. The maximum absolute atomic E-state index is 14.0. The summed E-state index contributed by atoms with van der Waals surface area (Å²) >= 11 is 11.9. The van der Waals surface area contributed by atoms with E-state index in [1.165, 1.54) is 0 Å². The monoisotopic (exact) mass is 564 g/mol. The fourth-order valence-corrected chi connectivity index (χ4v) is 5.20. The first-order valence-corrected chi connectivity index (χ1v) is 13.7. The molecule has 0 saturated heterocycles. The van der Waals surface area contributed by atoms with Gasteiger partial charge >= 0.3 is 33.0 Å². The van der Waals surface area contributed by atoms with E-state index in [2.05, 4.69) is 0 Å². The first-order chi connectivity index (χ1) is 15.4. The van der Waals surface area contributed by atoms with E-state index in [1.54, 1.807) is 79.9 Å². The zero-order chi connectivity index (χ0) is 25.8. The molecule has 0 heterocycles. The molecule has 0 amide bonds. The van der Waals surface area contributed by atoms with Crippen molar-refractivity contribution in [3.05, 3.63) is 88.4 Å². The summed E-state index contributed by atoms with van der Waals surface area (Å²) in [6, 6.07) is 20.2. The third-order valence-electron chi connectivity index (χ3n) is 4.14. The van der Waals surface area contributed by atoms with E-state index in [9.17, 15) is 34.2 Å². The Morgan fingerprint density at radius 3 is 1.44 bits per heavy atom. The number of carbonyl (C=O) groups excluding carboxylic acids is 1. The van der Waals surface area contributed by atoms with Gasteiger partial charge in [0.1, 0.15) is 5.75 Å². The predicted molar refractivity (Wildman–Crippen MR) is 123 cm³/mol. The summed E-state index contributed by atoms with van der Waals surface area (Å²) in [5.74, 6) is 0.290. The zero-order valence-corrected chi connectivity index (χ0v) is 20.5. The van der Waals surface area contributed by atoms with Gasteiger partial charge in [0, 0.05) is 15.6 Å². The predicted octanol–water partition coefficient (Wildman–Crippen LogP) is 9.18. The fraction of sp³-hybridized carbons (Fsp3) is 0.0952. The Morgan fingerprint density at radius 1 is 0.765 bits per heavy atom. The molecular weight excluding hydrogens is 548 g/mol. The molecule has 0 aliphatic carbocycles. The molecule has 0 radical (unpaired) electrons. The van der Waals surface area contributed by atoms with Crippen molar-refractivity contribution in [3.63, 3.8) is 0 Å². The first kappa shape index (κ1) is 28.1. The number of ketones is 1. The van der Waals surface area contributed by atoms with Crippen molar-refractivity contribution in [1.29, 1.82) is 0 Å². The number of halogens is 8. The molecule has 13 heteroatoms. The molecule has 3 nitrogen and oxygen atoms in total. The summed E-state index contributed by atoms with van der Waals surface area (Å²) in [6.45, 7) is 0. The number of hydrogen-bond acceptors (Lipinski definition) is 3. The topological polar surface area (TPSA) is 43.4 Å². The summed E-state index contributed by atoms with van der Waals surface area (Å²) in [5, 5.41) is 1.08. The van der Waals surface area contributed by atoms with Gasteiger partial charge in [-0.25, -0.2) is 0 Å². The molecule has 0 aliphatic heterocycles. The molecule has 3 rings (SSSR count). The molecule has 0 aliphatic rings. The molecule has 3 aromatic rings. The molecular formula is C21H17Cl2F6O3PS. The van der Waals surface area contributed by atoms with E-state index in [-0.39, 0.29) is 11.5 Å².